The molecular weight excluding hydrogens is 292 g/mol. The van der Waals surface area contributed by atoms with Gasteiger partial charge in [0, 0.05) is 6.04 Å². The highest BCUT2D eigenvalue weighted by molar-refractivity contribution is 9.10. The van der Waals surface area contributed by atoms with Gasteiger partial charge in [0.25, 0.3) is 0 Å². The van der Waals surface area contributed by atoms with Gasteiger partial charge < -0.3 is 10.1 Å². The van der Waals surface area contributed by atoms with Gasteiger partial charge >= 0.3 is 0 Å². The second-order valence-electron chi connectivity index (χ2n) is 4.54. The Hall–Kier alpha value is -1.05. The highest BCUT2D eigenvalue weighted by Gasteiger charge is 2.12. The zero-order chi connectivity index (χ0) is 12.8. The fraction of sp³-hybridized carbons (Fsp3) is 0.500. The Morgan fingerprint density at radius 2 is 2.33 bits per heavy atom. The maximum Gasteiger partial charge on any atom is 0.133 e. The molecular formula is C14H17BrN2O. The van der Waals surface area contributed by atoms with Crippen molar-refractivity contribution in [2.45, 2.75) is 31.7 Å². The molecule has 1 aromatic carbocycles. The molecule has 1 aliphatic heterocycles. The van der Waals surface area contributed by atoms with E-state index in [2.05, 4.69) is 27.3 Å². The number of piperidine rings is 1. The molecule has 1 aromatic rings. The van der Waals surface area contributed by atoms with Crippen molar-refractivity contribution in [2.75, 3.05) is 13.2 Å². The third-order valence-corrected chi connectivity index (χ3v) is 3.82. The molecule has 0 radical (unpaired) electrons. The van der Waals surface area contributed by atoms with Gasteiger partial charge in [0.2, 0.25) is 0 Å². The second kappa shape index (κ2) is 6.77. The van der Waals surface area contributed by atoms with E-state index in [1.54, 1.807) is 12.1 Å². The third kappa shape index (κ3) is 3.72. The monoisotopic (exact) mass is 308 g/mol. The second-order valence-corrected chi connectivity index (χ2v) is 5.40. The summed E-state index contributed by atoms with van der Waals surface area (Å²) in [4.78, 5) is 0. The number of hydrogen-bond donors (Lipinski definition) is 1. The van der Waals surface area contributed by atoms with Crippen LogP contribution in [0.4, 0.5) is 0 Å². The molecule has 1 N–H and O–H groups in total. The van der Waals surface area contributed by atoms with Gasteiger partial charge in [0.15, 0.2) is 0 Å². The van der Waals surface area contributed by atoms with E-state index in [0.29, 0.717) is 18.2 Å². The van der Waals surface area contributed by atoms with Gasteiger partial charge in [-0.2, -0.15) is 5.26 Å². The van der Waals surface area contributed by atoms with E-state index in [0.717, 1.165) is 23.2 Å². The van der Waals surface area contributed by atoms with Crippen molar-refractivity contribution in [3.63, 3.8) is 0 Å². The van der Waals surface area contributed by atoms with Crippen LogP contribution in [0.2, 0.25) is 0 Å². The fourth-order valence-electron chi connectivity index (χ4n) is 2.17. The van der Waals surface area contributed by atoms with Crippen LogP contribution in [0, 0.1) is 11.3 Å². The number of hydrogen-bond acceptors (Lipinski definition) is 3. The predicted molar refractivity (Wildman–Crippen MR) is 74.6 cm³/mol. The number of halogens is 1. The van der Waals surface area contributed by atoms with E-state index in [4.69, 9.17) is 10.00 Å². The van der Waals surface area contributed by atoms with Gasteiger partial charge in [0.1, 0.15) is 5.75 Å². The van der Waals surface area contributed by atoms with Crippen LogP contribution in [0.15, 0.2) is 22.7 Å². The van der Waals surface area contributed by atoms with Crippen LogP contribution in [0.25, 0.3) is 0 Å². The molecule has 0 saturated carbocycles. The number of nitriles is 1. The van der Waals surface area contributed by atoms with Crippen LogP contribution in [-0.2, 0) is 0 Å². The normalized spacial score (nSPS) is 19.2. The minimum atomic E-state index is 0.593. The summed E-state index contributed by atoms with van der Waals surface area (Å²) in [5.41, 5.74) is 0.642. The van der Waals surface area contributed by atoms with Crippen LogP contribution in [0.3, 0.4) is 0 Å². The molecule has 1 aliphatic rings. The fourth-order valence-corrected chi connectivity index (χ4v) is 2.66. The smallest absolute Gasteiger partial charge is 0.133 e. The standard InChI is InChI=1S/C14H17BrN2O/c15-13-9-11(10-16)4-5-14(13)18-8-6-12-3-1-2-7-17-12/h4-5,9,12,17H,1-3,6-8H2. The van der Waals surface area contributed by atoms with Crippen molar-refractivity contribution >= 4 is 15.9 Å². The maximum absolute atomic E-state index is 8.78. The molecule has 3 nitrogen and oxygen atoms in total. The molecule has 0 spiro atoms. The number of benzene rings is 1. The van der Waals surface area contributed by atoms with Crippen molar-refractivity contribution in [3.05, 3.63) is 28.2 Å². The quantitative estimate of drug-likeness (QED) is 0.929. The molecule has 2 rings (SSSR count). The topological polar surface area (TPSA) is 45.0 Å². The highest BCUT2D eigenvalue weighted by Crippen LogP contribution is 2.26. The number of nitrogens with one attached hydrogen (secondary N) is 1. The summed E-state index contributed by atoms with van der Waals surface area (Å²) in [5, 5.41) is 12.3. The average molecular weight is 309 g/mol. The lowest BCUT2D eigenvalue weighted by molar-refractivity contribution is 0.267. The minimum absolute atomic E-state index is 0.593. The summed E-state index contributed by atoms with van der Waals surface area (Å²) in [6.45, 7) is 1.84. The zero-order valence-corrected chi connectivity index (χ0v) is 11.9. The van der Waals surface area contributed by atoms with Gasteiger partial charge in [-0.3, -0.25) is 0 Å². The molecule has 18 heavy (non-hydrogen) atoms. The van der Waals surface area contributed by atoms with Crippen LogP contribution in [-0.4, -0.2) is 19.2 Å². The lowest BCUT2D eigenvalue weighted by Gasteiger charge is -2.23. The Bertz CT molecular complexity index is 436. The first-order chi connectivity index (χ1) is 8.79. The number of nitrogens with zero attached hydrogens (tertiary/aromatic N) is 1. The van der Waals surface area contributed by atoms with Crippen LogP contribution in [0.1, 0.15) is 31.2 Å². The summed E-state index contributed by atoms with van der Waals surface area (Å²) in [6, 6.07) is 8.11. The average Bonchev–Trinajstić information content (AvgIpc) is 2.42. The predicted octanol–water partition coefficient (Wildman–Crippen LogP) is 3.23. The molecule has 0 aliphatic carbocycles. The van der Waals surface area contributed by atoms with Crippen molar-refractivity contribution < 1.29 is 4.74 Å². The van der Waals surface area contributed by atoms with Gasteiger partial charge in [-0.05, 0) is 59.9 Å². The first-order valence-electron chi connectivity index (χ1n) is 6.35. The maximum atomic E-state index is 8.78. The summed E-state index contributed by atoms with van der Waals surface area (Å²) in [5.74, 6) is 0.810. The molecule has 1 fully saturated rings. The molecule has 1 heterocycles. The lowest BCUT2D eigenvalue weighted by atomic mass is 10.0. The van der Waals surface area contributed by atoms with Gasteiger partial charge in [-0.15, -0.1) is 0 Å². The van der Waals surface area contributed by atoms with Crippen molar-refractivity contribution in [1.82, 2.24) is 5.32 Å². The Morgan fingerprint density at radius 3 is 3.00 bits per heavy atom. The summed E-state index contributed by atoms with van der Waals surface area (Å²) < 4.78 is 6.59. The van der Waals surface area contributed by atoms with E-state index in [-0.39, 0.29) is 0 Å². The zero-order valence-electron chi connectivity index (χ0n) is 10.3. The van der Waals surface area contributed by atoms with Crippen LogP contribution >= 0.6 is 15.9 Å². The highest BCUT2D eigenvalue weighted by atomic mass is 79.9. The first kappa shape index (κ1) is 13.4. The Morgan fingerprint density at radius 1 is 1.44 bits per heavy atom. The third-order valence-electron chi connectivity index (χ3n) is 3.20. The van der Waals surface area contributed by atoms with Crippen molar-refractivity contribution in [2.24, 2.45) is 0 Å². The van der Waals surface area contributed by atoms with Gasteiger partial charge in [-0.1, -0.05) is 6.42 Å². The SMILES string of the molecule is N#Cc1ccc(OCCC2CCCCN2)c(Br)c1. The van der Waals surface area contributed by atoms with E-state index in [1.807, 2.05) is 6.07 Å². The number of rotatable bonds is 4. The largest absolute Gasteiger partial charge is 0.492 e. The first-order valence-corrected chi connectivity index (χ1v) is 7.15. The van der Waals surface area contributed by atoms with E-state index in [1.165, 1.54) is 19.3 Å². The van der Waals surface area contributed by atoms with E-state index in [9.17, 15) is 0 Å². The molecule has 1 atom stereocenters. The lowest BCUT2D eigenvalue weighted by Crippen LogP contribution is -2.35. The summed E-state index contributed by atoms with van der Waals surface area (Å²) in [7, 11) is 0. The molecule has 0 amide bonds. The van der Waals surface area contributed by atoms with Gasteiger partial charge in [-0.25, -0.2) is 0 Å². The summed E-state index contributed by atoms with van der Waals surface area (Å²) >= 11 is 3.42. The van der Waals surface area contributed by atoms with Gasteiger partial charge in [0.05, 0.1) is 22.7 Å². The Balaban J connectivity index is 1.81. The molecule has 96 valence electrons. The molecule has 1 saturated heterocycles. The Labute approximate surface area is 116 Å². The Kier molecular flexibility index (Phi) is 5.03. The van der Waals surface area contributed by atoms with E-state index >= 15 is 0 Å². The molecule has 0 aromatic heterocycles. The minimum Gasteiger partial charge on any atom is -0.492 e. The van der Waals surface area contributed by atoms with Crippen molar-refractivity contribution in [3.8, 4) is 11.8 Å². The molecule has 4 heteroatoms. The molecule has 1 unspecified atom stereocenters. The molecule has 0 bridgehead atoms. The van der Waals surface area contributed by atoms with Crippen LogP contribution < -0.4 is 10.1 Å². The van der Waals surface area contributed by atoms with Crippen molar-refractivity contribution in [1.29, 1.82) is 5.26 Å². The van der Waals surface area contributed by atoms with Crippen LogP contribution in [0.5, 0.6) is 5.75 Å². The van der Waals surface area contributed by atoms with E-state index < -0.39 is 0 Å². The summed E-state index contributed by atoms with van der Waals surface area (Å²) in [6.07, 6.45) is 4.89. The number of ether oxygens (including phenoxy) is 1.